The van der Waals surface area contributed by atoms with Crippen molar-refractivity contribution in [2.45, 2.75) is 32.2 Å². The third-order valence-electron chi connectivity index (χ3n) is 3.55. The van der Waals surface area contributed by atoms with Crippen LogP contribution in [0, 0.1) is 0 Å². The van der Waals surface area contributed by atoms with Crippen LogP contribution < -0.4 is 5.32 Å². The monoisotopic (exact) mass is 292 g/mol. The molecular formula is C17H28N2O2. The SMILES string of the molecule is CCc1ccc(CC(CC(=O)OC)NCCN(C)C)cc1. The Kier molecular flexibility index (Phi) is 8.01. The molecule has 0 bridgehead atoms. The van der Waals surface area contributed by atoms with Gasteiger partial charge in [-0.05, 0) is 38.1 Å². The number of aryl methyl sites for hydroxylation is 1. The summed E-state index contributed by atoms with van der Waals surface area (Å²) in [5.41, 5.74) is 2.59. The van der Waals surface area contributed by atoms with Crippen molar-refractivity contribution >= 4 is 5.97 Å². The summed E-state index contributed by atoms with van der Waals surface area (Å²) in [6.07, 6.45) is 2.29. The summed E-state index contributed by atoms with van der Waals surface area (Å²) in [5, 5.41) is 3.45. The number of ether oxygens (including phenoxy) is 1. The number of benzene rings is 1. The van der Waals surface area contributed by atoms with Crippen LogP contribution in [-0.2, 0) is 22.4 Å². The molecule has 1 atom stereocenters. The van der Waals surface area contributed by atoms with Gasteiger partial charge in [-0.3, -0.25) is 4.79 Å². The first-order chi connectivity index (χ1) is 10.0. The van der Waals surface area contributed by atoms with Gasteiger partial charge in [-0.15, -0.1) is 0 Å². The summed E-state index contributed by atoms with van der Waals surface area (Å²) in [5.74, 6) is -0.164. The van der Waals surface area contributed by atoms with E-state index in [1.54, 1.807) is 0 Å². The van der Waals surface area contributed by atoms with Crippen molar-refractivity contribution in [1.82, 2.24) is 10.2 Å². The van der Waals surface area contributed by atoms with Crippen molar-refractivity contribution in [2.24, 2.45) is 0 Å². The van der Waals surface area contributed by atoms with Crippen molar-refractivity contribution in [2.75, 3.05) is 34.3 Å². The molecule has 0 aliphatic heterocycles. The van der Waals surface area contributed by atoms with Gasteiger partial charge in [0.05, 0.1) is 13.5 Å². The first kappa shape index (κ1) is 17.7. The summed E-state index contributed by atoms with van der Waals surface area (Å²) >= 11 is 0. The van der Waals surface area contributed by atoms with E-state index in [9.17, 15) is 4.79 Å². The lowest BCUT2D eigenvalue weighted by Gasteiger charge is -2.19. The molecule has 1 rings (SSSR count). The number of likely N-dealkylation sites (N-methyl/N-ethyl adjacent to an activating group) is 1. The maximum absolute atomic E-state index is 11.5. The average molecular weight is 292 g/mol. The average Bonchev–Trinajstić information content (AvgIpc) is 2.47. The molecule has 0 heterocycles. The Labute approximate surface area is 128 Å². The lowest BCUT2D eigenvalue weighted by atomic mass is 10.0. The Hall–Kier alpha value is -1.39. The first-order valence-electron chi connectivity index (χ1n) is 7.58. The molecule has 1 unspecified atom stereocenters. The largest absolute Gasteiger partial charge is 0.469 e. The Morgan fingerprint density at radius 2 is 1.86 bits per heavy atom. The fourth-order valence-electron chi connectivity index (χ4n) is 2.19. The van der Waals surface area contributed by atoms with Gasteiger partial charge in [0, 0.05) is 19.1 Å². The summed E-state index contributed by atoms with van der Waals surface area (Å²) in [6, 6.07) is 8.73. The Balaban J connectivity index is 2.59. The van der Waals surface area contributed by atoms with Crippen LogP contribution >= 0.6 is 0 Å². The number of nitrogens with one attached hydrogen (secondary N) is 1. The molecule has 0 aliphatic carbocycles. The molecule has 1 N–H and O–H groups in total. The zero-order valence-corrected chi connectivity index (χ0v) is 13.7. The van der Waals surface area contributed by atoms with Gasteiger partial charge in [0.15, 0.2) is 0 Å². The van der Waals surface area contributed by atoms with Crippen LogP contribution in [0.3, 0.4) is 0 Å². The van der Waals surface area contributed by atoms with Crippen LogP contribution in [0.25, 0.3) is 0 Å². The highest BCUT2D eigenvalue weighted by molar-refractivity contribution is 5.70. The molecule has 118 valence electrons. The van der Waals surface area contributed by atoms with Crippen LogP contribution in [0.4, 0.5) is 0 Å². The van der Waals surface area contributed by atoms with E-state index in [0.717, 1.165) is 25.9 Å². The van der Waals surface area contributed by atoms with E-state index in [-0.39, 0.29) is 12.0 Å². The second kappa shape index (κ2) is 9.53. The molecule has 0 aliphatic rings. The minimum atomic E-state index is -0.164. The van der Waals surface area contributed by atoms with Gasteiger partial charge < -0.3 is 15.0 Å². The van der Waals surface area contributed by atoms with Crippen LogP contribution in [0.5, 0.6) is 0 Å². The number of rotatable bonds is 9. The molecule has 0 fully saturated rings. The van der Waals surface area contributed by atoms with Crippen LogP contribution in [0.15, 0.2) is 24.3 Å². The van der Waals surface area contributed by atoms with Crippen molar-refractivity contribution in [3.05, 3.63) is 35.4 Å². The van der Waals surface area contributed by atoms with Gasteiger partial charge in [0.25, 0.3) is 0 Å². The third kappa shape index (κ3) is 7.25. The zero-order chi connectivity index (χ0) is 15.7. The molecule has 0 saturated heterocycles. The molecular weight excluding hydrogens is 264 g/mol. The zero-order valence-electron chi connectivity index (χ0n) is 13.7. The van der Waals surface area contributed by atoms with Crippen molar-refractivity contribution in [1.29, 1.82) is 0 Å². The number of carbonyl (C=O) groups is 1. The molecule has 0 amide bonds. The predicted octanol–water partition coefficient (Wildman–Crippen LogP) is 1.87. The fraction of sp³-hybridized carbons (Fsp3) is 0.588. The highest BCUT2D eigenvalue weighted by atomic mass is 16.5. The Morgan fingerprint density at radius 3 is 2.38 bits per heavy atom. The summed E-state index contributed by atoms with van der Waals surface area (Å²) in [7, 11) is 5.52. The van der Waals surface area contributed by atoms with E-state index >= 15 is 0 Å². The minimum absolute atomic E-state index is 0.116. The Morgan fingerprint density at radius 1 is 1.24 bits per heavy atom. The van der Waals surface area contributed by atoms with E-state index in [1.807, 2.05) is 14.1 Å². The first-order valence-corrected chi connectivity index (χ1v) is 7.58. The van der Waals surface area contributed by atoms with Crippen molar-refractivity contribution < 1.29 is 9.53 Å². The molecule has 0 saturated carbocycles. The lowest BCUT2D eigenvalue weighted by Crippen LogP contribution is -2.38. The molecule has 4 nitrogen and oxygen atoms in total. The normalized spacial score (nSPS) is 12.4. The van der Waals surface area contributed by atoms with E-state index in [4.69, 9.17) is 4.74 Å². The molecule has 1 aromatic carbocycles. The second-order valence-corrected chi connectivity index (χ2v) is 5.61. The smallest absolute Gasteiger partial charge is 0.307 e. The summed E-state index contributed by atoms with van der Waals surface area (Å²) < 4.78 is 4.79. The lowest BCUT2D eigenvalue weighted by molar-refractivity contribution is -0.141. The summed E-state index contributed by atoms with van der Waals surface area (Å²) in [4.78, 5) is 13.7. The van der Waals surface area contributed by atoms with Crippen LogP contribution in [-0.4, -0.2) is 51.2 Å². The van der Waals surface area contributed by atoms with E-state index < -0.39 is 0 Å². The molecule has 0 aromatic heterocycles. The molecule has 0 radical (unpaired) electrons. The molecule has 0 spiro atoms. The van der Waals surface area contributed by atoms with Gasteiger partial charge >= 0.3 is 5.97 Å². The molecule has 21 heavy (non-hydrogen) atoms. The number of hydrogen-bond donors (Lipinski definition) is 1. The van der Waals surface area contributed by atoms with Gasteiger partial charge in [-0.25, -0.2) is 0 Å². The third-order valence-corrected chi connectivity index (χ3v) is 3.55. The fourth-order valence-corrected chi connectivity index (χ4v) is 2.19. The summed E-state index contributed by atoms with van der Waals surface area (Å²) in [6.45, 7) is 3.96. The van der Waals surface area contributed by atoms with Gasteiger partial charge in [-0.2, -0.15) is 0 Å². The van der Waals surface area contributed by atoms with E-state index in [1.165, 1.54) is 18.2 Å². The maximum atomic E-state index is 11.5. The topological polar surface area (TPSA) is 41.6 Å². The van der Waals surface area contributed by atoms with E-state index in [2.05, 4.69) is 41.4 Å². The number of carbonyl (C=O) groups excluding carboxylic acids is 1. The number of esters is 1. The number of methoxy groups -OCH3 is 1. The number of hydrogen-bond acceptors (Lipinski definition) is 4. The molecule has 1 aromatic rings. The van der Waals surface area contributed by atoms with Gasteiger partial charge in [-0.1, -0.05) is 31.2 Å². The van der Waals surface area contributed by atoms with Crippen LogP contribution in [0.2, 0.25) is 0 Å². The maximum Gasteiger partial charge on any atom is 0.307 e. The number of nitrogens with zero attached hydrogens (tertiary/aromatic N) is 1. The highest BCUT2D eigenvalue weighted by Crippen LogP contribution is 2.09. The standard InChI is InChI=1S/C17H28N2O2/c1-5-14-6-8-15(9-7-14)12-16(13-17(20)21-4)18-10-11-19(2)3/h6-9,16,18H,5,10-13H2,1-4H3. The van der Waals surface area contributed by atoms with Crippen LogP contribution in [0.1, 0.15) is 24.5 Å². The minimum Gasteiger partial charge on any atom is -0.469 e. The van der Waals surface area contributed by atoms with Gasteiger partial charge in [0.2, 0.25) is 0 Å². The Bertz CT molecular complexity index is 415. The van der Waals surface area contributed by atoms with Crippen molar-refractivity contribution in [3.63, 3.8) is 0 Å². The van der Waals surface area contributed by atoms with E-state index in [0.29, 0.717) is 6.42 Å². The van der Waals surface area contributed by atoms with Gasteiger partial charge in [0.1, 0.15) is 0 Å². The predicted molar refractivity (Wildman–Crippen MR) is 86.5 cm³/mol. The van der Waals surface area contributed by atoms with Crippen molar-refractivity contribution in [3.8, 4) is 0 Å². The highest BCUT2D eigenvalue weighted by Gasteiger charge is 2.14. The molecule has 4 heteroatoms. The quantitative estimate of drug-likeness (QED) is 0.706. The second-order valence-electron chi connectivity index (χ2n) is 5.61.